The third kappa shape index (κ3) is 7.78. The molecule has 1 aromatic rings. The first-order chi connectivity index (χ1) is 10.9. The smallest absolute Gasteiger partial charge is 0.321 e. The van der Waals surface area contributed by atoms with Gasteiger partial charge in [0.15, 0.2) is 0 Å². The van der Waals surface area contributed by atoms with Crippen molar-refractivity contribution in [3.05, 3.63) is 24.3 Å². The lowest BCUT2D eigenvalue weighted by Gasteiger charge is -2.13. The number of hydrogen-bond acceptors (Lipinski definition) is 5. The third-order valence-corrected chi connectivity index (χ3v) is 3.92. The fraction of sp³-hybridized carbons (Fsp3) is 0.500. The number of amides is 3. The Kier molecular flexibility index (Phi) is 8.32. The first kappa shape index (κ1) is 19.2. The van der Waals surface area contributed by atoms with Crippen molar-refractivity contribution in [2.45, 2.75) is 32.1 Å². The zero-order valence-electron chi connectivity index (χ0n) is 13.9. The van der Waals surface area contributed by atoms with E-state index in [1.807, 2.05) is 38.1 Å². The van der Waals surface area contributed by atoms with Gasteiger partial charge in [-0.3, -0.25) is 10.1 Å². The lowest BCUT2D eigenvalue weighted by molar-refractivity contribution is -0.119. The van der Waals surface area contributed by atoms with Crippen molar-refractivity contribution >= 4 is 23.7 Å². The van der Waals surface area contributed by atoms with Crippen molar-refractivity contribution in [3.63, 3.8) is 0 Å². The van der Waals surface area contributed by atoms with Crippen molar-refractivity contribution in [2.75, 3.05) is 19.5 Å². The van der Waals surface area contributed by atoms with Gasteiger partial charge in [0, 0.05) is 11.8 Å². The lowest BCUT2D eigenvalue weighted by atomic mass is 10.3. The number of hydrogen-bond donors (Lipinski definition) is 2. The van der Waals surface area contributed by atoms with Gasteiger partial charge in [-0.2, -0.15) is 0 Å². The Balaban J connectivity index is 2.23. The van der Waals surface area contributed by atoms with Crippen LogP contribution >= 0.6 is 11.8 Å². The molecule has 0 aliphatic carbocycles. The zero-order chi connectivity index (χ0) is 17.2. The van der Waals surface area contributed by atoms with Crippen molar-refractivity contribution in [2.24, 2.45) is 0 Å². The quantitative estimate of drug-likeness (QED) is 0.711. The number of carbonyl (C=O) groups excluding carboxylic acids is 2. The Morgan fingerprint density at radius 2 is 1.74 bits per heavy atom. The van der Waals surface area contributed by atoms with Crippen LogP contribution in [0.5, 0.6) is 11.5 Å². The van der Waals surface area contributed by atoms with Crippen molar-refractivity contribution in [3.8, 4) is 11.5 Å². The number of rotatable bonds is 8. The third-order valence-electron chi connectivity index (χ3n) is 2.81. The number of methoxy groups -OCH3 is 1. The topological polar surface area (TPSA) is 76.7 Å². The molecule has 1 rings (SSSR count). The van der Waals surface area contributed by atoms with E-state index in [0.29, 0.717) is 12.4 Å². The SMILES string of the molecule is COc1ccc(OCCS[C@H](C)C(=O)NC(=O)NC(C)C)cc1. The molecule has 0 saturated carbocycles. The summed E-state index contributed by atoms with van der Waals surface area (Å²) >= 11 is 1.43. The van der Waals surface area contributed by atoms with Crippen LogP contribution in [0.25, 0.3) is 0 Å². The average molecular weight is 340 g/mol. The van der Waals surface area contributed by atoms with Crippen molar-refractivity contribution in [1.29, 1.82) is 0 Å². The van der Waals surface area contributed by atoms with Crippen molar-refractivity contribution < 1.29 is 19.1 Å². The molecule has 0 unspecified atom stereocenters. The van der Waals surface area contributed by atoms with Gasteiger partial charge in [-0.25, -0.2) is 4.79 Å². The molecule has 0 aliphatic heterocycles. The highest BCUT2D eigenvalue weighted by molar-refractivity contribution is 8.00. The Labute approximate surface area is 141 Å². The highest BCUT2D eigenvalue weighted by Gasteiger charge is 2.16. The molecule has 3 amide bonds. The molecular weight excluding hydrogens is 316 g/mol. The van der Waals surface area contributed by atoms with Crippen LogP contribution in [-0.4, -0.2) is 42.7 Å². The predicted octanol–water partition coefficient (Wildman–Crippen LogP) is 2.43. The van der Waals surface area contributed by atoms with Crippen LogP contribution in [0.1, 0.15) is 20.8 Å². The van der Waals surface area contributed by atoms with Crippen LogP contribution < -0.4 is 20.1 Å². The maximum absolute atomic E-state index is 11.8. The van der Waals surface area contributed by atoms with Gasteiger partial charge in [0.25, 0.3) is 0 Å². The summed E-state index contributed by atoms with van der Waals surface area (Å²) in [6.07, 6.45) is 0. The van der Waals surface area contributed by atoms with Crippen LogP contribution in [-0.2, 0) is 4.79 Å². The van der Waals surface area contributed by atoms with E-state index < -0.39 is 6.03 Å². The summed E-state index contributed by atoms with van der Waals surface area (Å²) in [6, 6.07) is 6.83. The molecule has 0 saturated heterocycles. The summed E-state index contributed by atoms with van der Waals surface area (Å²) in [6.45, 7) is 5.90. The van der Waals surface area contributed by atoms with E-state index in [9.17, 15) is 9.59 Å². The highest BCUT2D eigenvalue weighted by atomic mass is 32.2. The van der Waals surface area contributed by atoms with Gasteiger partial charge in [-0.15, -0.1) is 11.8 Å². The number of nitrogens with one attached hydrogen (secondary N) is 2. The van der Waals surface area contributed by atoms with E-state index in [1.165, 1.54) is 11.8 Å². The van der Waals surface area contributed by atoms with Crippen LogP contribution in [0.3, 0.4) is 0 Å². The molecule has 0 heterocycles. The molecule has 0 aliphatic rings. The molecule has 2 N–H and O–H groups in total. The molecule has 0 bridgehead atoms. The summed E-state index contributed by atoms with van der Waals surface area (Å²) in [5, 5.41) is 4.60. The summed E-state index contributed by atoms with van der Waals surface area (Å²) in [5.41, 5.74) is 0. The fourth-order valence-electron chi connectivity index (χ4n) is 1.64. The average Bonchev–Trinajstić information content (AvgIpc) is 2.50. The number of ether oxygens (including phenoxy) is 2. The van der Waals surface area contributed by atoms with Gasteiger partial charge < -0.3 is 14.8 Å². The van der Waals surface area contributed by atoms with Gasteiger partial charge in [-0.1, -0.05) is 0 Å². The number of thioether (sulfide) groups is 1. The van der Waals surface area contributed by atoms with Crippen LogP contribution in [0.2, 0.25) is 0 Å². The van der Waals surface area contributed by atoms with E-state index in [1.54, 1.807) is 14.0 Å². The first-order valence-corrected chi connectivity index (χ1v) is 8.47. The Morgan fingerprint density at radius 1 is 1.13 bits per heavy atom. The van der Waals surface area contributed by atoms with E-state index in [4.69, 9.17) is 9.47 Å². The summed E-state index contributed by atoms with van der Waals surface area (Å²) in [5.74, 6) is 1.86. The van der Waals surface area contributed by atoms with E-state index in [0.717, 1.165) is 11.5 Å². The highest BCUT2D eigenvalue weighted by Crippen LogP contribution is 2.17. The maximum atomic E-state index is 11.8. The minimum atomic E-state index is -0.466. The second-order valence-electron chi connectivity index (χ2n) is 5.15. The summed E-state index contributed by atoms with van der Waals surface area (Å²) in [7, 11) is 1.61. The number of carbonyl (C=O) groups is 2. The van der Waals surface area contributed by atoms with Crippen LogP contribution in [0, 0.1) is 0 Å². The van der Waals surface area contributed by atoms with Crippen molar-refractivity contribution in [1.82, 2.24) is 10.6 Å². The zero-order valence-corrected chi connectivity index (χ0v) is 14.7. The molecule has 128 valence electrons. The molecule has 23 heavy (non-hydrogen) atoms. The monoisotopic (exact) mass is 340 g/mol. The second kappa shape index (κ2) is 9.99. The van der Waals surface area contributed by atoms with Gasteiger partial charge in [0.1, 0.15) is 11.5 Å². The van der Waals surface area contributed by atoms with E-state index in [-0.39, 0.29) is 17.2 Å². The van der Waals surface area contributed by atoms with Gasteiger partial charge >= 0.3 is 6.03 Å². The molecule has 6 nitrogen and oxygen atoms in total. The van der Waals surface area contributed by atoms with Crippen LogP contribution in [0.15, 0.2) is 24.3 Å². The van der Waals surface area contributed by atoms with E-state index >= 15 is 0 Å². The Morgan fingerprint density at radius 3 is 2.30 bits per heavy atom. The van der Waals surface area contributed by atoms with Gasteiger partial charge in [0.2, 0.25) is 5.91 Å². The predicted molar refractivity (Wildman–Crippen MR) is 92.2 cm³/mol. The molecule has 0 fully saturated rings. The van der Waals surface area contributed by atoms with Gasteiger partial charge in [-0.05, 0) is 45.0 Å². The molecule has 0 radical (unpaired) electrons. The summed E-state index contributed by atoms with van der Waals surface area (Å²) in [4.78, 5) is 23.3. The Hall–Kier alpha value is -1.89. The number of urea groups is 1. The second-order valence-corrected chi connectivity index (χ2v) is 6.60. The molecule has 1 atom stereocenters. The van der Waals surface area contributed by atoms with Crippen LogP contribution in [0.4, 0.5) is 4.79 Å². The standard InChI is InChI=1S/C16H24N2O4S/c1-11(2)17-16(20)18-15(19)12(3)23-10-9-22-14-7-5-13(21-4)6-8-14/h5-8,11-12H,9-10H2,1-4H3,(H2,17,18,19,20)/t12-/m1/s1. The molecule has 1 aromatic carbocycles. The normalized spacial score (nSPS) is 11.7. The molecule has 0 spiro atoms. The van der Waals surface area contributed by atoms with Gasteiger partial charge in [0.05, 0.1) is 19.0 Å². The lowest BCUT2D eigenvalue weighted by Crippen LogP contribution is -2.45. The van der Waals surface area contributed by atoms with E-state index in [2.05, 4.69) is 10.6 Å². The summed E-state index contributed by atoms with van der Waals surface area (Å²) < 4.78 is 10.7. The largest absolute Gasteiger partial charge is 0.497 e. The molecular formula is C16H24N2O4S. The molecule has 0 aromatic heterocycles. The number of benzene rings is 1. The first-order valence-electron chi connectivity index (χ1n) is 7.42. The minimum Gasteiger partial charge on any atom is -0.497 e. The number of imide groups is 1. The maximum Gasteiger partial charge on any atom is 0.321 e. The fourth-order valence-corrected chi connectivity index (χ4v) is 2.39. The molecule has 7 heteroatoms. The Bertz CT molecular complexity index is 505. The minimum absolute atomic E-state index is 0.0105.